The van der Waals surface area contributed by atoms with E-state index in [1.807, 2.05) is 30.3 Å². The van der Waals surface area contributed by atoms with Gasteiger partial charge in [-0.05, 0) is 24.3 Å². The number of ether oxygens (including phenoxy) is 1. The minimum atomic E-state index is -0.791. The fourth-order valence-electron chi connectivity index (χ4n) is 2.16. The molecule has 0 radical (unpaired) electrons. The first-order valence-electron chi connectivity index (χ1n) is 7.32. The zero-order valence-corrected chi connectivity index (χ0v) is 14.4. The van der Waals surface area contributed by atoms with E-state index in [2.05, 4.69) is 21.0 Å². The average Bonchev–Trinajstić information content (AvgIpc) is 2.60. The zero-order valence-electron chi connectivity index (χ0n) is 12.9. The third-order valence-corrected chi connectivity index (χ3v) is 3.83. The Kier molecular flexibility index (Phi) is 5.04. The summed E-state index contributed by atoms with van der Waals surface area (Å²) in [4.78, 5) is 23.9. The van der Waals surface area contributed by atoms with Crippen LogP contribution < -0.4 is 10.3 Å². The number of esters is 1. The van der Waals surface area contributed by atoms with E-state index in [4.69, 9.17) is 4.74 Å². The molecule has 0 saturated heterocycles. The zero-order chi connectivity index (χ0) is 17.8. The summed E-state index contributed by atoms with van der Waals surface area (Å²) in [6, 6.07) is 16.2. The van der Waals surface area contributed by atoms with Crippen molar-refractivity contribution in [2.24, 2.45) is 0 Å². The van der Waals surface area contributed by atoms with Gasteiger partial charge in [0.05, 0.1) is 5.69 Å². The van der Waals surface area contributed by atoms with E-state index in [0.29, 0.717) is 10.2 Å². The van der Waals surface area contributed by atoms with Crippen molar-refractivity contribution >= 4 is 21.9 Å². The highest BCUT2D eigenvalue weighted by Gasteiger charge is 2.13. The highest BCUT2D eigenvalue weighted by molar-refractivity contribution is 9.10. The summed E-state index contributed by atoms with van der Waals surface area (Å²) in [6.45, 7) is -0.422. The fraction of sp³-hybridized carbons (Fsp3) is 0.0556. The van der Waals surface area contributed by atoms with Gasteiger partial charge in [-0.3, -0.25) is 4.79 Å². The summed E-state index contributed by atoms with van der Waals surface area (Å²) in [5.41, 5.74) is 0.902. The molecule has 0 spiro atoms. The molecule has 126 valence electrons. The quantitative estimate of drug-likeness (QED) is 0.495. The highest BCUT2D eigenvalue weighted by atomic mass is 79.9. The molecule has 0 unspecified atom stereocenters. The van der Waals surface area contributed by atoms with Crippen molar-refractivity contribution in [3.63, 3.8) is 0 Å². The first-order valence-corrected chi connectivity index (χ1v) is 8.11. The van der Waals surface area contributed by atoms with Crippen molar-refractivity contribution in [2.45, 2.75) is 6.54 Å². The van der Waals surface area contributed by atoms with Crippen molar-refractivity contribution in [1.29, 1.82) is 0 Å². The van der Waals surface area contributed by atoms with Crippen LogP contribution in [0.1, 0.15) is 0 Å². The topological polar surface area (TPSA) is 61.2 Å². The molecule has 0 aliphatic rings. The molecule has 1 aromatic heterocycles. The smallest absolute Gasteiger partial charge is 0.333 e. The molecule has 0 aliphatic heterocycles. The van der Waals surface area contributed by atoms with Crippen LogP contribution in [0.4, 0.5) is 4.39 Å². The van der Waals surface area contributed by atoms with Crippen molar-refractivity contribution in [1.82, 2.24) is 9.78 Å². The van der Waals surface area contributed by atoms with Crippen LogP contribution in [0.25, 0.3) is 11.3 Å². The number of aromatic nitrogens is 2. The van der Waals surface area contributed by atoms with Gasteiger partial charge in [-0.1, -0.05) is 46.3 Å². The number of rotatable bonds is 4. The van der Waals surface area contributed by atoms with Crippen molar-refractivity contribution in [3.05, 3.63) is 81.3 Å². The molecule has 0 atom stereocenters. The molecule has 2 aromatic carbocycles. The molecule has 25 heavy (non-hydrogen) atoms. The van der Waals surface area contributed by atoms with E-state index in [9.17, 15) is 14.0 Å². The molecule has 0 aliphatic carbocycles. The van der Waals surface area contributed by atoms with Crippen LogP contribution in [-0.2, 0) is 11.3 Å². The monoisotopic (exact) mass is 402 g/mol. The van der Waals surface area contributed by atoms with Gasteiger partial charge in [-0.25, -0.2) is 13.9 Å². The Morgan fingerprint density at radius 1 is 1.12 bits per heavy atom. The molecule has 0 N–H and O–H groups in total. The van der Waals surface area contributed by atoms with Crippen LogP contribution in [0.15, 0.2) is 69.9 Å². The lowest BCUT2D eigenvalue weighted by Gasteiger charge is -2.08. The minimum Gasteiger partial charge on any atom is -0.422 e. The second-order valence-corrected chi connectivity index (χ2v) is 6.04. The molecular formula is C18H12BrFN2O3. The third kappa shape index (κ3) is 4.19. The highest BCUT2D eigenvalue weighted by Crippen LogP contribution is 2.21. The van der Waals surface area contributed by atoms with Gasteiger partial charge in [0.15, 0.2) is 11.6 Å². The Morgan fingerprint density at radius 2 is 1.88 bits per heavy atom. The summed E-state index contributed by atoms with van der Waals surface area (Å²) >= 11 is 3.12. The summed E-state index contributed by atoms with van der Waals surface area (Å²) in [7, 11) is 0. The van der Waals surface area contributed by atoms with E-state index in [1.54, 1.807) is 12.1 Å². The number of nitrogens with zero attached hydrogens (tertiary/aromatic N) is 2. The second kappa shape index (κ2) is 7.40. The molecule has 0 saturated carbocycles. The van der Waals surface area contributed by atoms with Crippen molar-refractivity contribution in [2.75, 3.05) is 0 Å². The number of halogens is 2. The van der Waals surface area contributed by atoms with Gasteiger partial charge in [-0.15, -0.1) is 0 Å². The second-order valence-electron chi connectivity index (χ2n) is 5.13. The number of hydrogen-bond donors (Lipinski definition) is 0. The van der Waals surface area contributed by atoms with Crippen molar-refractivity contribution in [3.8, 4) is 17.0 Å². The number of benzene rings is 2. The Morgan fingerprint density at radius 3 is 2.60 bits per heavy atom. The molecule has 5 nitrogen and oxygen atoms in total. The normalized spacial score (nSPS) is 10.5. The first-order chi connectivity index (χ1) is 12.0. The molecule has 7 heteroatoms. The molecule has 3 aromatic rings. The average molecular weight is 403 g/mol. The lowest BCUT2D eigenvalue weighted by molar-refractivity contribution is -0.135. The molecule has 0 fully saturated rings. The molecule has 3 rings (SSSR count). The van der Waals surface area contributed by atoms with E-state index in [0.717, 1.165) is 10.2 Å². The van der Waals surface area contributed by atoms with Crippen LogP contribution in [0.3, 0.4) is 0 Å². The predicted molar refractivity (Wildman–Crippen MR) is 93.7 cm³/mol. The van der Waals surface area contributed by atoms with Gasteiger partial charge in [-0.2, -0.15) is 5.10 Å². The third-order valence-electron chi connectivity index (χ3n) is 3.33. The van der Waals surface area contributed by atoms with E-state index < -0.39 is 23.9 Å². The molecule has 0 bridgehead atoms. The lowest BCUT2D eigenvalue weighted by Crippen LogP contribution is -2.28. The standard InChI is InChI=1S/C18H12BrFN2O3/c19-13-6-8-16(14(20)10-13)25-18(24)11-22-17(23)9-7-15(21-22)12-4-2-1-3-5-12/h1-10H,11H2. The van der Waals surface area contributed by atoms with Gasteiger partial charge in [0.1, 0.15) is 6.54 Å². The maximum atomic E-state index is 13.7. The summed E-state index contributed by atoms with van der Waals surface area (Å²) in [5.74, 6) is -1.68. The van der Waals surface area contributed by atoms with Crippen molar-refractivity contribution < 1.29 is 13.9 Å². The summed E-state index contributed by atoms with van der Waals surface area (Å²) < 4.78 is 20.2. The predicted octanol–water partition coefficient (Wildman–Crippen LogP) is 3.42. The Hall–Kier alpha value is -2.80. The fourth-order valence-corrected chi connectivity index (χ4v) is 2.49. The van der Waals surface area contributed by atoms with E-state index in [-0.39, 0.29) is 5.75 Å². The number of hydrogen-bond acceptors (Lipinski definition) is 4. The van der Waals surface area contributed by atoms with Gasteiger partial charge >= 0.3 is 5.97 Å². The first kappa shape index (κ1) is 17.0. The SMILES string of the molecule is O=C(Cn1nc(-c2ccccc2)ccc1=O)Oc1ccc(Br)cc1F. The van der Waals surface area contributed by atoms with Crippen LogP contribution in [0.2, 0.25) is 0 Å². The van der Waals surface area contributed by atoms with Crippen LogP contribution in [0, 0.1) is 5.82 Å². The van der Waals surface area contributed by atoms with Crippen LogP contribution in [-0.4, -0.2) is 15.7 Å². The van der Waals surface area contributed by atoms with E-state index in [1.165, 1.54) is 18.2 Å². The van der Waals surface area contributed by atoms with Crippen LogP contribution in [0.5, 0.6) is 5.75 Å². The van der Waals surface area contributed by atoms with Gasteiger partial charge in [0.25, 0.3) is 5.56 Å². The number of carbonyl (C=O) groups is 1. The van der Waals surface area contributed by atoms with Gasteiger partial charge in [0.2, 0.25) is 0 Å². The Bertz CT molecular complexity index is 974. The largest absolute Gasteiger partial charge is 0.422 e. The van der Waals surface area contributed by atoms with Gasteiger partial charge < -0.3 is 4.74 Å². The Labute approximate surface area is 150 Å². The maximum Gasteiger partial charge on any atom is 0.333 e. The molecular weight excluding hydrogens is 391 g/mol. The van der Waals surface area contributed by atoms with Gasteiger partial charge in [0, 0.05) is 16.1 Å². The molecule has 1 heterocycles. The minimum absolute atomic E-state index is 0.208. The maximum absolute atomic E-state index is 13.7. The Balaban J connectivity index is 1.80. The summed E-state index contributed by atoms with van der Waals surface area (Å²) in [6.07, 6.45) is 0. The number of carbonyl (C=O) groups excluding carboxylic acids is 1. The van der Waals surface area contributed by atoms with Crippen LogP contribution >= 0.6 is 15.9 Å². The lowest BCUT2D eigenvalue weighted by atomic mass is 10.1. The summed E-state index contributed by atoms with van der Waals surface area (Å²) in [5, 5.41) is 4.16. The molecule has 0 amide bonds. The van der Waals surface area contributed by atoms with E-state index >= 15 is 0 Å².